The summed E-state index contributed by atoms with van der Waals surface area (Å²) >= 11 is 1.06. The number of halogens is 2. The molecule has 5 amide bonds. The number of hydrogen-bond donors (Lipinski definition) is 2. The number of hydrogen-bond acceptors (Lipinski definition) is 12. The van der Waals surface area contributed by atoms with E-state index in [2.05, 4.69) is 10.6 Å². The number of ether oxygens (including phenoxy) is 2. The highest BCUT2D eigenvalue weighted by Crippen LogP contribution is 2.41. The number of thiophene rings is 1. The number of anilines is 1. The highest BCUT2D eigenvalue weighted by molar-refractivity contribution is 7.21. The van der Waals surface area contributed by atoms with Crippen molar-refractivity contribution < 1.29 is 42.2 Å². The van der Waals surface area contributed by atoms with E-state index in [0.717, 1.165) is 21.8 Å². The Bertz CT molecular complexity index is 2470. The lowest BCUT2D eigenvalue weighted by molar-refractivity contribution is -0.136. The van der Waals surface area contributed by atoms with Crippen molar-refractivity contribution in [3.8, 4) is 22.6 Å². The van der Waals surface area contributed by atoms with E-state index < -0.39 is 54.1 Å². The molecule has 2 aromatic heterocycles. The normalized spacial score (nSPS) is 20.9. The van der Waals surface area contributed by atoms with E-state index >= 15 is 8.78 Å². The van der Waals surface area contributed by atoms with E-state index in [-0.39, 0.29) is 52.3 Å². The van der Waals surface area contributed by atoms with Gasteiger partial charge in [0.15, 0.2) is 0 Å². The Morgan fingerprint density at radius 2 is 1.66 bits per heavy atom. The van der Waals surface area contributed by atoms with Gasteiger partial charge in [-0.3, -0.25) is 43.9 Å². The molecular formula is C41H43F2N7O8S. The number of amides is 5. The molecule has 310 valence electrons. The van der Waals surface area contributed by atoms with Crippen molar-refractivity contribution in [2.75, 3.05) is 59.4 Å². The quantitative estimate of drug-likeness (QED) is 0.226. The van der Waals surface area contributed by atoms with Crippen LogP contribution in [-0.4, -0.2) is 127 Å². The third kappa shape index (κ3) is 7.12. The summed E-state index contributed by atoms with van der Waals surface area (Å²) in [5, 5.41) is 5.03. The number of alkyl halides is 2. The highest BCUT2D eigenvalue weighted by atomic mass is 32.1. The fourth-order valence-corrected chi connectivity index (χ4v) is 9.50. The van der Waals surface area contributed by atoms with Crippen LogP contribution >= 0.6 is 11.3 Å². The second-order valence-corrected chi connectivity index (χ2v) is 16.7. The van der Waals surface area contributed by atoms with Crippen LogP contribution in [-0.2, 0) is 23.2 Å². The maximum absolute atomic E-state index is 15.8. The average molecular weight is 832 g/mol. The molecular weight excluding hydrogens is 789 g/mol. The van der Waals surface area contributed by atoms with Gasteiger partial charge in [0.05, 0.1) is 53.8 Å². The van der Waals surface area contributed by atoms with Crippen molar-refractivity contribution in [3.63, 3.8) is 0 Å². The lowest BCUT2D eigenvalue weighted by atomic mass is 9.96. The zero-order chi connectivity index (χ0) is 42.1. The predicted molar refractivity (Wildman–Crippen MR) is 215 cm³/mol. The summed E-state index contributed by atoms with van der Waals surface area (Å²) < 4.78 is 45.0. The van der Waals surface area contributed by atoms with Crippen LogP contribution in [0.1, 0.15) is 55.2 Å². The first-order valence-electron chi connectivity index (χ1n) is 19.1. The standard InChI is InChI=1S/C41H43F2N7O8S/c1-46(2)18-28-30(57-4)12-21(13-31(28)58-5)27-19-47(3)38(54)26-15-32(59-35(26)27)37(53)44-33-10-11-48(20-41(33,42)43)23-16-49(17-23)22-6-7-24-25(14-22)40(56)50(39(24)55)29-8-9-34(51)45-36(29)52/h6-7,12-15,19,23,29,33H,8-11,16-18,20H2,1-5H3,(H,44,53)(H,45,51,52). The van der Waals surface area contributed by atoms with E-state index in [4.69, 9.17) is 9.47 Å². The second kappa shape index (κ2) is 15.1. The molecule has 2 atom stereocenters. The monoisotopic (exact) mass is 831 g/mol. The number of aromatic nitrogens is 1. The molecule has 3 saturated heterocycles. The van der Waals surface area contributed by atoms with E-state index in [0.29, 0.717) is 59.2 Å². The summed E-state index contributed by atoms with van der Waals surface area (Å²) in [4.78, 5) is 84.0. The Morgan fingerprint density at radius 3 is 2.31 bits per heavy atom. The lowest BCUT2D eigenvalue weighted by Gasteiger charge is -2.50. The summed E-state index contributed by atoms with van der Waals surface area (Å²) in [5.74, 6) is -5.14. The Balaban J connectivity index is 0.931. The van der Waals surface area contributed by atoms with Gasteiger partial charge in [0.25, 0.3) is 29.2 Å². The van der Waals surface area contributed by atoms with Crippen molar-refractivity contribution in [1.29, 1.82) is 0 Å². The molecule has 0 radical (unpaired) electrons. The third-order valence-corrected chi connectivity index (χ3v) is 12.7. The largest absolute Gasteiger partial charge is 0.496 e. The van der Waals surface area contributed by atoms with Crippen molar-refractivity contribution in [2.45, 2.75) is 49.9 Å². The topological polar surface area (TPSA) is 163 Å². The van der Waals surface area contributed by atoms with E-state index in [1.165, 1.54) is 16.7 Å². The van der Waals surface area contributed by atoms with Gasteiger partial charge in [0.2, 0.25) is 11.8 Å². The first-order chi connectivity index (χ1) is 28.1. The molecule has 2 unspecified atom stereocenters. The summed E-state index contributed by atoms with van der Waals surface area (Å²) in [6.45, 7) is 1.10. The van der Waals surface area contributed by atoms with Gasteiger partial charge in [0, 0.05) is 67.8 Å². The molecule has 15 nitrogen and oxygen atoms in total. The maximum atomic E-state index is 15.8. The number of benzene rings is 2. The zero-order valence-corrected chi connectivity index (χ0v) is 33.9. The number of imide groups is 2. The molecule has 0 saturated carbocycles. The second-order valence-electron chi connectivity index (χ2n) is 15.7. The Labute approximate surface area is 341 Å². The Hall–Kier alpha value is -5.72. The molecule has 4 aliphatic heterocycles. The SMILES string of the molecule is COc1cc(-c2cn(C)c(=O)c3cc(C(=O)NC4CCN(C5CN(c6ccc7c(c6)C(=O)N(C6CCC(=O)NC6=O)C7=O)C5)CC4(F)F)sc23)cc(OC)c1CN(C)C. The first kappa shape index (κ1) is 40.1. The molecule has 0 bridgehead atoms. The number of nitrogens with zero attached hydrogens (tertiary/aromatic N) is 5. The minimum atomic E-state index is -3.26. The van der Waals surface area contributed by atoms with Crippen LogP contribution in [0.5, 0.6) is 11.5 Å². The zero-order valence-electron chi connectivity index (χ0n) is 33.1. The van der Waals surface area contributed by atoms with Crippen LogP contribution in [0.25, 0.3) is 21.2 Å². The number of nitrogens with one attached hydrogen (secondary N) is 2. The molecule has 18 heteroatoms. The number of pyridine rings is 1. The van der Waals surface area contributed by atoms with E-state index in [1.807, 2.05) is 36.0 Å². The number of carbonyl (C=O) groups is 5. The molecule has 0 spiro atoms. The predicted octanol–water partition coefficient (Wildman–Crippen LogP) is 3.08. The number of rotatable bonds is 10. The fourth-order valence-electron chi connectivity index (χ4n) is 8.42. The van der Waals surface area contributed by atoms with Gasteiger partial charge in [-0.05, 0) is 68.9 Å². The summed E-state index contributed by atoms with van der Waals surface area (Å²) in [5.41, 5.74) is 2.81. The molecule has 8 rings (SSSR count). The number of carbonyl (C=O) groups excluding carboxylic acids is 5. The minimum absolute atomic E-state index is 0.00231. The highest BCUT2D eigenvalue weighted by Gasteiger charge is 2.49. The van der Waals surface area contributed by atoms with Gasteiger partial charge in [-0.2, -0.15) is 0 Å². The van der Waals surface area contributed by atoms with Gasteiger partial charge in [-0.15, -0.1) is 11.3 Å². The molecule has 2 aromatic carbocycles. The smallest absolute Gasteiger partial charge is 0.280 e. The van der Waals surface area contributed by atoms with Crippen LogP contribution < -0.4 is 30.6 Å². The molecule has 3 fully saturated rings. The molecule has 4 aliphatic rings. The summed E-state index contributed by atoms with van der Waals surface area (Å²) in [7, 11) is 8.60. The number of likely N-dealkylation sites (tertiary alicyclic amines) is 1. The van der Waals surface area contributed by atoms with Gasteiger partial charge in [-0.1, -0.05) is 0 Å². The van der Waals surface area contributed by atoms with Crippen LogP contribution in [0.4, 0.5) is 14.5 Å². The van der Waals surface area contributed by atoms with Gasteiger partial charge >= 0.3 is 0 Å². The molecule has 4 aromatic rings. The third-order valence-electron chi connectivity index (χ3n) is 11.6. The van der Waals surface area contributed by atoms with E-state index in [9.17, 15) is 28.8 Å². The van der Waals surface area contributed by atoms with Gasteiger partial charge < -0.3 is 29.2 Å². The number of piperidine rings is 2. The Kier molecular flexibility index (Phi) is 10.3. The van der Waals surface area contributed by atoms with Gasteiger partial charge in [0.1, 0.15) is 17.5 Å². The Morgan fingerprint density at radius 1 is 0.966 bits per heavy atom. The number of aryl methyl sites for hydroxylation is 1. The summed E-state index contributed by atoms with van der Waals surface area (Å²) in [6.07, 6.45) is 1.74. The van der Waals surface area contributed by atoms with E-state index in [1.54, 1.807) is 44.5 Å². The molecule has 0 aliphatic carbocycles. The van der Waals surface area contributed by atoms with Crippen molar-refractivity contribution in [2.24, 2.45) is 7.05 Å². The first-order valence-corrected chi connectivity index (χ1v) is 20.0. The average Bonchev–Trinajstić information content (AvgIpc) is 3.72. The van der Waals surface area contributed by atoms with Crippen LogP contribution in [0.2, 0.25) is 0 Å². The van der Waals surface area contributed by atoms with Crippen LogP contribution in [0, 0.1) is 0 Å². The minimum Gasteiger partial charge on any atom is -0.496 e. The van der Waals surface area contributed by atoms with Crippen molar-refractivity contribution in [1.82, 2.24) is 29.9 Å². The van der Waals surface area contributed by atoms with Crippen molar-refractivity contribution in [3.05, 3.63) is 74.5 Å². The number of fused-ring (bicyclic) bond motifs is 2. The van der Waals surface area contributed by atoms with Crippen LogP contribution in [0.15, 0.2) is 47.4 Å². The summed E-state index contributed by atoms with van der Waals surface area (Å²) in [6, 6.07) is 7.24. The van der Waals surface area contributed by atoms with Crippen LogP contribution in [0.3, 0.4) is 0 Å². The fraction of sp³-hybridized carbons (Fsp3) is 0.415. The molecule has 6 heterocycles. The molecule has 59 heavy (non-hydrogen) atoms. The maximum Gasteiger partial charge on any atom is 0.280 e. The van der Waals surface area contributed by atoms with Gasteiger partial charge in [-0.25, -0.2) is 8.78 Å². The molecule has 2 N–H and O–H groups in total. The lowest BCUT2D eigenvalue weighted by Crippen LogP contribution is -2.66. The number of methoxy groups -OCH3 is 2. The van der Waals surface area contributed by atoms with Crippen molar-refractivity contribution >= 4 is 56.6 Å².